The minimum Gasteiger partial charge on any atom is -1.00 e. The Hall–Kier alpha value is -11.1. The zero-order valence-corrected chi connectivity index (χ0v) is 95.6. The second-order valence-electron chi connectivity index (χ2n) is 39.3. The Morgan fingerprint density at radius 3 is 1.07 bits per heavy atom. The number of hydrogen-bond acceptors (Lipinski definition) is 24. The molecule has 0 bridgehead atoms. The van der Waals surface area contributed by atoms with Gasteiger partial charge in [0.25, 0.3) is 11.5 Å². The number of ether oxygens (including phenoxy) is 3. The van der Waals surface area contributed by atoms with Crippen LogP contribution < -0.4 is 75.7 Å². The fraction of sp³-hybridized carbons (Fsp3) is 0.430. The summed E-state index contributed by atoms with van der Waals surface area (Å²) in [5.74, 6) is -2.76. The van der Waals surface area contributed by atoms with Crippen LogP contribution in [-0.4, -0.2) is 288 Å². The molecule has 4 fully saturated rings. The Morgan fingerprint density at radius 1 is 0.453 bits per heavy atom. The summed E-state index contributed by atoms with van der Waals surface area (Å²) in [6, 6.07) is 36.4. The van der Waals surface area contributed by atoms with Gasteiger partial charge in [0.05, 0.1) is 58.2 Å². The smallest absolute Gasteiger partial charge is 1.00 e. The maximum absolute atomic E-state index is 13.0. The number of aromatic carboxylic acids is 1. The van der Waals surface area contributed by atoms with Crippen molar-refractivity contribution in [1.82, 2.24) is 82.1 Å². The summed E-state index contributed by atoms with van der Waals surface area (Å²) >= 11 is 0. The van der Waals surface area contributed by atoms with Gasteiger partial charge in [-0.3, -0.25) is 44.1 Å². The molecule has 0 spiro atoms. The number of piperidine rings is 4. The van der Waals surface area contributed by atoms with Crippen LogP contribution in [0, 0.1) is 41.5 Å². The maximum Gasteiger partial charge on any atom is 1.00 e. The normalized spacial score (nSPS) is 14.5. The average molecular weight is 2040 g/mol. The quantitative estimate of drug-likeness (QED) is 0.0172. The van der Waals surface area contributed by atoms with Gasteiger partial charge in [-0.25, -0.2) is 19.2 Å². The van der Waals surface area contributed by atoms with E-state index >= 15 is 0 Å². The number of hydrogen-bond donors (Lipinski definition) is 5. The van der Waals surface area contributed by atoms with Gasteiger partial charge in [-0.15, -0.1) is 0 Å². The predicted octanol–water partition coefficient (Wildman–Crippen LogP) is 12.0. The molecule has 781 valence electrons. The summed E-state index contributed by atoms with van der Waals surface area (Å²) in [6.45, 7) is 41.4. The van der Waals surface area contributed by atoms with Crippen LogP contribution in [0.15, 0.2) is 189 Å². The molecule has 0 saturated carbocycles. The topological polar surface area (TPSA) is 363 Å². The Labute approximate surface area is 920 Å². The first-order valence-corrected chi connectivity index (χ1v) is 50.0. The first kappa shape index (κ1) is 124. The minimum atomic E-state index is -0.874. The van der Waals surface area contributed by atoms with Gasteiger partial charge in [0, 0.05) is 246 Å². The molecule has 17 heterocycles. The van der Waals surface area contributed by atoms with E-state index in [-0.39, 0.29) is 122 Å². The Bertz CT molecular complexity index is 6640. The molecule has 0 amide bonds. The molecule has 4 aliphatic heterocycles. The number of carbonyl (C=O) groups excluding carboxylic acids is 4. The number of ketones is 1. The zero-order chi connectivity index (χ0) is 105. The van der Waals surface area contributed by atoms with E-state index in [1.54, 1.807) is 63.2 Å². The van der Waals surface area contributed by atoms with Gasteiger partial charge in [-0.05, 0) is 364 Å². The molecule has 7 N–H and O–H groups in total. The Kier molecular flexibility index (Phi) is 48.3. The molecule has 4 saturated heterocycles. The summed E-state index contributed by atoms with van der Waals surface area (Å²) in [5, 5.41) is 20.6. The molecule has 2 atom stereocenters. The molecule has 2 unspecified atom stereocenters. The van der Waals surface area contributed by atoms with Crippen LogP contribution in [0.1, 0.15) is 235 Å². The number of nitrogens with zero attached hydrogens (tertiary/aromatic N) is 15. The number of pyridine rings is 9. The van der Waals surface area contributed by atoms with Crippen molar-refractivity contribution in [3.05, 3.63) is 279 Å². The molecule has 148 heavy (non-hydrogen) atoms. The molecule has 13 aromatic heterocycles. The van der Waals surface area contributed by atoms with Crippen LogP contribution in [-0.2, 0) is 25.5 Å². The van der Waals surface area contributed by atoms with Gasteiger partial charge in [-0.2, -0.15) is 0 Å². The number of carboxylic acid groups (broad SMARTS) is 2. The number of esters is 3. The predicted molar refractivity (Wildman–Crippen MR) is 582 cm³/mol. The number of carbonyl (C=O) groups is 6. The summed E-state index contributed by atoms with van der Waals surface area (Å²) < 4.78 is 24.7. The fourth-order valence-electron chi connectivity index (χ4n) is 19.9. The van der Waals surface area contributed by atoms with Crippen LogP contribution in [0.4, 0.5) is 0 Å². The summed E-state index contributed by atoms with van der Waals surface area (Å²) in [5.41, 5.74) is 30.0. The van der Waals surface area contributed by atoms with Crippen molar-refractivity contribution < 1.29 is 119 Å². The van der Waals surface area contributed by atoms with Gasteiger partial charge in [-0.1, -0.05) is 6.58 Å². The van der Waals surface area contributed by atoms with Crippen LogP contribution in [0.25, 0.3) is 72.3 Å². The van der Waals surface area contributed by atoms with Gasteiger partial charge in [0.1, 0.15) is 0 Å². The third-order valence-electron chi connectivity index (χ3n) is 27.8. The van der Waals surface area contributed by atoms with Gasteiger partial charge in [0.15, 0.2) is 5.78 Å². The number of likely N-dealkylation sites (tertiary alicyclic amines) is 3. The van der Waals surface area contributed by atoms with Crippen LogP contribution in [0.5, 0.6) is 0 Å². The number of fused-ring (bicyclic) bond motifs is 4. The molecule has 31 nitrogen and oxygen atoms in total. The number of nitrogens with one attached hydrogen (secondary N) is 2. The molecule has 3 radical (unpaired) electrons. The SMILES string of the molecule is C=C(c1c(C)c(C(=O)OC(C)C)cc2cc(-c3ccncc3)cn12)N1CCC(N(C)C)CC1.CC(=O)O.CCOC(=O)c1cc2cc(-c3ccncc3)cn2c(C(C)=O)c1C.CN(C)C1CCNCC1.Cc1c(C(=O)O)cc2cc(-c3ccncc3)cn2c1C(C)N1CCC(N(C)C)CC1.Cc1c(C(=O)OC(C)C)cc2cc(-c3ccncc3)cn2c1C(C)N1CCC(N(C)C)CC1.Cc1cc(C)c(CN)c(=O)[nH]1.[B].[H-].[Na+].[Na+].[OH-]. The molecular formula is C114H152BN18Na2O13. The van der Waals surface area contributed by atoms with Crippen LogP contribution in [0.3, 0.4) is 0 Å². The van der Waals surface area contributed by atoms with E-state index < -0.39 is 17.9 Å². The number of aliphatic carboxylic acids is 1. The Balaban J connectivity index is 0.000000280. The third-order valence-corrected chi connectivity index (χ3v) is 27.8. The van der Waals surface area contributed by atoms with Crippen molar-refractivity contribution in [3.63, 3.8) is 0 Å². The molecule has 4 aliphatic rings. The minimum absolute atomic E-state index is 0. The largest absolute Gasteiger partial charge is 1.00 e. The van der Waals surface area contributed by atoms with E-state index in [2.05, 4.69) is 198 Å². The fourth-order valence-corrected chi connectivity index (χ4v) is 19.9. The molecule has 17 rings (SSSR count). The standard InChI is InChI=1S/C27H36N4O2.C27H34N4O2.C24H30N4O2.C19H18N2O3.C8H12N2O.C7H16N2.C2H4O2.B.2Na.H2O.H/c2*1-18(2)33-27(32)25-16-24-15-22(21-7-11-28-12-8-21)17-31(24)26(19(25)3)20(4)30-13-9-23(10-14-30)29(5)6;1-16-22(24(29)30)14-21-13-19(18-5-9-25-10-6-18)15-28(21)23(16)17(2)27-11-7-20(8-12-27)26(3)4;1-4-24-19(23)17-10-16-9-15(14-5-7-20-8-6-14)11-21(16)18(12(17)2)13(3)22;1-5-3-6(2)10-8(11)7(5)4-9;1-9(2)7-3-5-8-6-4-7;1-2(3)4;;;;;/h7-8,11-12,15-18,20,23H,9-10,13-14H2,1-6H3;7-8,11-12,15-18,23H,4,9-10,13-14H2,1-3,5-6H3;5-6,9-10,13-15,17,20H,7-8,11-12H2,1-4H3,(H,29,30);5-11H,4H2,1-3H3;3H,4,9H2,1-2H3,(H,10,11);7-8H,3-6H2,1-2H3;1H3,(H,3,4);;;;1H2;/q;;;;;;;;2*+1;;-1/p-1. The van der Waals surface area contributed by atoms with E-state index in [4.69, 9.17) is 29.8 Å². The number of aromatic nitrogens is 9. The number of rotatable bonds is 23. The Morgan fingerprint density at radius 2 is 0.757 bits per heavy atom. The zero-order valence-electron chi connectivity index (χ0n) is 92.6. The maximum atomic E-state index is 13.0. The number of Topliss-reactive ketones (excluding diaryl/α,β-unsaturated/α-hetero) is 1. The van der Waals surface area contributed by atoms with Gasteiger partial charge >= 0.3 is 83.0 Å². The van der Waals surface area contributed by atoms with Gasteiger partial charge in [0.2, 0.25) is 0 Å². The molecule has 0 aliphatic carbocycles. The van der Waals surface area contributed by atoms with E-state index in [1.165, 1.54) is 32.9 Å². The van der Waals surface area contributed by atoms with Crippen molar-refractivity contribution >= 4 is 71.8 Å². The van der Waals surface area contributed by atoms with Gasteiger partial charge < -0.3 is 89.5 Å². The number of aryl methyl sites for hydroxylation is 2. The van der Waals surface area contributed by atoms with E-state index in [0.29, 0.717) is 70.4 Å². The number of nitrogens with two attached hydrogens (primary N) is 1. The van der Waals surface area contributed by atoms with Crippen molar-refractivity contribution in [2.24, 2.45) is 5.73 Å². The second kappa shape index (κ2) is 57.7. The number of carboxylic acids is 2. The second-order valence-corrected chi connectivity index (χ2v) is 39.3. The molecule has 0 aromatic carbocycles. The summed E-state index contributed by atoms with van der Waals surface area (Å²) in [4.78, 5) is 118. The van der Waals surface area contributed by atoms with Crippen molar-refractivity contribution in [1.29, 1.82) is 0 Å². The first-order valence-electron chi connectivity index (χ1n) is 50.0. The van der Waals surface area contributed by atoms with E-state index in [9.17, 15) is 33.9 Å². The molecular weight excluding hydrogens is 1890 g/mol. The van der Waals surface area contributed by atoms with Crippen molar-refractivity contribution in [3.8, 4) is 44.5 Å². The summed E-state index contributed by atoms with van der Waals surface area (Å²) in [7, 11) is 17.2. The van der Waals surface area contributed by atoms with E-state index in [0.717, 1.165) is 208 Å². The molecule has 13 aromatic rings. The average Bonchev–Trinajstić information content (AvgIpc) is 1.65. The van der Waals surface area contributed by atoms with E-state index in [1.807, 2.05) is 151 Å². The number of H-pyrrole nitrogens is 1. The van der Waals surface area contributed by atoms with Crippen molar-refractivity contribution in [2.75, 3.05) is 115 Å². The number of aromatic amines is 1. The van der Waals surface area contributed by atoms with Crippen LogP contribution in [0.2, 0.25) is 0 Å². The molecule has 34 heteroatoms. The van der Waals surface area contributed by atoms with Crippen LogP contribution >= 0.6 is 0 Å². The third kappa shape index (κ3) is 31.8. The first-order chi connectivity index (χ1) is 68.6. The van der Waals surface area contributed by atoms with Crippen molar-refractivity contribution in [2.45, 2.75) is 210 Å². The monoisotopic (exact) mass is 2040 g/mol. The summed E-state index contributed by atoms with van der Waals surface area (Å²) in [6.07, 6.45) is 31.6.